The van der Waals surface area contributed by atoms with Crippen molar-refractivity contribution in [3.8, 4) is 0 Å². The predicted molar refractivity (Wildman–Crippen MR) is 251 cm³/mol. The lowest BCUT2D eigenvalue weighted by Crippen LogP contribution is -2.30. The molecule has 0 heterocycles. The second kappa shape index (κ2) is 46.2. The van der Waals surface area contributed by atoms with Crippen LogP contribution in [0.15, 0.2) is 134 Å². The van der Waals surface area contributed by atoms with Crippen molar-refractivity contribution in [2.45, 2.75) is 168 Å². The Hall–Kier alpha value is -4.45. The van der Waals surface area contributed by atoms with Crippen molar-refractivity contribution in [2.75, 3.05) is 13.2 Å². The molecule has 6 heteroatoms. The number of ether oxygens (including phenoxy) is 3. The molecule has 0 amide bonds. The van der Waals surface area contributed by atoms with E-state index in [-0.39, 0.29) is 44.0 Å². The number of rotatable bonds is 38. The zero-order chi connectivity index (χ0) is 43.0. The van der Waals surface area contributed by atoms with E-state index in [0.717, 1.165) is 109 Å². The van der Waals surface area contributed by atoms with E-state index in [4.69, 9.17) is 14.2 Å². The number of carbonyl (C=O) groups excluding carboxylic acids is 3. The molecule has 328 valence electrons. The molecule has 0 radical (unpaired) electrons. The number of allylic oxidation sites excluding steroid dienone is 22. The van der Waals surface area contributed by atoms with Crippen LogP contribution in [0, 0.1) is 0 Å². The molecule has 0 N–H and O–H groups in total. The van der Waals surface area contributed by atoms with Crippen LogP contribution >= 0.6 is 0 Å². The summed E-state index contributed by atoms with van der Waals surface area (Å²) in [5.41, 5.74) is 0. The topological polar surface area (TPSA) is 78.9 Å². The summed E-state index contributed by atoms with van der Waals surface area (Å²) in [6.07, 6.45) is 64.5. The summed E-state index contributed by atoms with van der Waals surface area (Å²) in [7, 11) is 0. The van der Waals surface area contributed by atoms with Crippen LogP contribution in [0.1, 0.15) is 162 Å². The lowest BCUT2D eigenvalue weighted by molar-refractivity contribution is -0.166. The first kappa shape index (κ1) is 54.6. The summed E-state index contributed by atoms with van der Waals surface area (Å²) in [5, 5.41) is 0. The Labute approximate surface area is 360 Å². The number of hydrogen-bond donors (Lipinski definition) is 0. The summed E-state index contributed by atoms with van der Waals surface area (Å²) < 4.78 is 16.6. The van der Waals surface area contributed by atoms with E-state index in [1.54, 1.807) is 0 Å². The maximum Gasteiger partial charge on any atom is 0.306 e. The third kappa shape index (κ3) is 44.5. The smallest absolute Gasteiger partial charge is 0.306 e. The standard InChI is InChI=1S/C53H80O6/c1-4-7-10-13-16-19-22-25-26-27-29-31-34-37-40-43-46-52(55)58-49-50(48-57-51(54)45-42-39-36-33-30-24-21-18-15-12-9-6-3)59-53(56)47-44-41-38-35-32-28-23-20-17-14-11-8-5-2/h7-12,14,16-21,23,25-26,28-29,31-32,37,40,50H,4-6,13,15,22,24,27,30,33-36,38-39,41-49H2,1-3H3/b10-7-,11-8-,12-9-,17-14-,19-16-,21-18-,23-20-,26-25-,31-29-,32-28-,40-37-. The Morgan fingerprint density at radius 3 is 1.27 bits per heavy atom. The van der Waals surface area contributed by atoms with Gasteiger partial charge in [-0.2, -0.15) is 0 Å². The first-order valence-electron chi connectivity index (χ1n) is 22.7. The van der Waals surface area contributed by atoms with Crippen molar-refractivity contribution in [1.29, 1.82) is 0 Å². The molecular formula is C53H80O6. The molecule has 0 bridgehead atoms. The third-order valence-electron chi connectivity index (χ3n) is 8.74. The van der Waals surface area contributed by atoms with Gasteiger partial charge in [-0.15, -0.1) is 0 Å². The van der Waals surface area contributed by atoms with Crippen LogP contribution in [0.2, 0.25) is 0 Å². The van der Waals surface area contributed by atoms with Crippen molar-refractivity contribution in [3.63, 3.8) is 0 Å². The average Bonchev–Trinajstić information content (AvgIpc) is 3.23. The van der Waals surface area contributed by atoms with Crippen molar-refractivity contribution in [1.82, 2.24) is 0 Å². The van der Waals surface area contributed by atoms with Gasteiger partial charge >= 0.3 is 17.9 Å². The van der Waals surface area contributed by atoms with Gasteiger partial charge in [-0.05, 0) is 96.3 Å². The largest absolute Gasteiger partial charge is 0.462 e. The number of hydrogen-bond acceptors (Lipinski definition) is 6. The molecule has 59 heavy (non-hydrogen) atoms. The van der Waals surface area contributed by atoms with Crippen molar-refractivity contribution >= 4 is 17.9 Å². The van der Waals surface area contributed by atoms with Crippen LogP contribution in [0.5, 0.6) is 0 Å². The average molecular weight is 813 g/mol. The zero-order valence-corrected chi connectivity index (χ0v) is 37.2. The molecule has 6 nitrogen and oxygen atoms in total. The minimum atomic E-state index is -0.837. The van der Waals surface area contributed by atoms with Crippen LogP contribution in [0.25, 0.3) is 0 Å². The molecule has 0 aromatic heterocycles. The van der Waals surface area contributed by atoms with Crippen LogP contribution < -0.4 is 0 Å². The monoisotopic (exact) mass is 813 g/mol. The molecule has 0 aliphatic heterocycles. The van der Waals surface area contributed by atoms with Gasteiger partial charge in [0.25, 0.3) is 0 Å². The van der Waals surface area contributed by atoms with Crippen LogP contribution in [-0.2, 0) is 28.6 Å². The zero-order valence-electron chi connectivity index (χ0n) is 37.2. The molecule has 0 aliphatic rings. The molecule has 0 spiro atoms. The highest BCUT2D eigenvalue weighted by atomic mass is 16.6. The van der Waals surface area contributed by atoms with Gasteiger partial charge in [-0.1, -0.05) is 180 Å². The highest BCUT2D eigenvalue weighted by Crippen LogP contribution is 2.11. The fourth-order valence-electron chi connectivity index (χ4n) is 5.42. The first-order chi connectivity index (χ1) is 29.0. The molecule has 0 fully saturated rings. The van der Waals surface area contributed by atoms with Gasteiger partial charge in [0.1, 0.15) is 13.2 Å². The molecular weight excluding hydrogens is 733 g/mol. The predicted octanol–water partition coefficient (Wildman–Crippen LogP) is 14.7. The van der Waals surface area contributed by atoms with E-state index in [0.29, 0.717) is 19.3 Å². The second-order valence-corrected chi connectivity index (χ2v) is 14.3. The highest BCUT2D eigenvalue weighted by Gasteiger charge is 2.19. The van der Waals surface area contributed by atoms with E-state index in [1.807, 2.05) is 48.6 Å². The molecule has 0 aliphatic carbocycles. The lowest BCUT2D eigenvalue weighted by atomic mass is 10.1. The number of esters is 3. The van der Waals surface area contributed by atoms with E-state index >= 15 is 0 Å². The fourth-order valence-corrected chi connectivity index (χ4v) is 5.42. The quantitative estimate of drug-likeness (QED) is 0.0203. The second-order valence-electron chi connectivity index (χ2n) is 14.3. The Morgan fingerprint density at radius 1 is 0.356 bits per heavy atom. The minimum absolute atomic E-state index is 0.130. The maximum absolute atomic E-state index is 12.7. The molecule has 1 unspecified atom stereocenters. The summed E-state index contributed by atoms with van der Waals surface area (Å²) >= 11 is 0. The summed E-state index contributed by atoms with van der Waals surface area (Å²) in [5.74, 6) is -1.09. The van der Waals surface area contributed by atoms with Crippen molar-refractivity contribution < 1.29 is 28.6 Å². The van der Waals surface area contributed by atoms with Gasteiger partial charge in [0.15, 0.2) is 6.10 Å². The number of carbonyl (C=O) groups is 3. The van der Waals surface area contributed by atoms with Crippen molar-refractivity contribution in [2.24, 2.45) is 0 Å². The summed E-state index contributed by atoms with van der Waals surface area (Å²) in [4.78, 5) is 37.7. The Balaban J connectivity index is 4.61. The summed E-state index contributed by atoms with van der Waals surface area (Å²) in [6.45, 7) is 6.11. The van der Waals surface area contributed by atoms with Crippen LogP contribution in [0.3, 0.4) is 0 Å². The summed E-state index contributed by atoms with van der Waals surface area (Å²) in [6, 6.07) is 0. The molecule has 0 saturated heterocycles. The van der Waals surface area contributed by atoms with E-state index in [2.05, 4.69) is 106 Å². The fraction of sp³-hybridized carbons (Fsp3) is 0.528. The maximum atomic E-state index is 12.7. The molecule has 0 aromatic carbocycles. The first-order valence-corrected chi connectivity index (χ1v) is 22.7. The molecule has 0 rings (SSSR count). The Kier molecular flexibility index (Phi) is 42.8. The SMILES string of the molecule is CC\C=C/C=C\C=C/C=C\CCCCCC(=O)OC(COC(=O)CC/C=C\C/C=C\C/C=C\C/C=C\C/C=C\CC)COC(=O)CCCCCCC/C=C\C/C=C\CC. The Morgan fingerprint density at radius 2 is 0.729 bits per heavy atom. The van der Waals surface area contributed by atoms with E-state index in [1.165, 1.54) is 0 Å². The van der Waals surface area contributed by atoms with Crippen molar-refractivity contribution in [3.05, 3.63) is 134 Å². The van der Waals surface area contributed by atoms with Gasteiger partial charge in [0.2, 0.25) is 0 Å². The highest BCUT2D eigenvalue weighted by molar-refractivity contribution is 5.71. The van der Waals surface area contributed by atoms with E-state index < -0.39 is 6.10 Å². The minimum Gasteiger partial charge on any atom is -0.462 e. The van der Waals surface area contributed by atoms with Crippen LogP contribution in [0.4, 0.5) is 0 Å². The van der Waals surface area contributed by atoms with Gasteiger partial charge < -0.3 is 14.2 Å². The third-order valence-corrected chi connectivity index (χ3v) is 8.74. The van der Waals surface area contributed by atoms with Gasteiger partial charge in [0, 0.05) is 19.3 Å². The van der Waals surface area contributed by atoms with E-state index in [9.17, 15) is 14.4 Å². The van der Waals surface area contributed by atoms with Gasteiger partial charge in [-0.3, -0.25) is 14.4 Å². The molecule has 0 saturated carbocycles. The van der Waals surface area contributed by atoms with Gasteiger partial charge in [0.05, 0.1) is 0 Å². The number of unbranched alkanes of at least 4 members (excludes halogenated alkanes) is 8. The van der Waals surface area contributed by atoms with Crippen LogP contribution in [-0.4, -0.2) is 37.2 Å². The Bertz CT molecular complexity index is 1350. The normalized spacial score (nSPS) is 13.3. The molecule has 0 aromatic rings. The lowest BCUT2D eigenvalue weighted by Gasteiger charge is -2.18. The van der Waals surface area contributed by atoms with Gasteiger partial charge in [-0.25, -0.2) is 0 Å². The molecule has 1 atom stereocenters.